The molecule has 148 valence electrons. The third-order valence-electron chi connectivity index (χ3n) is 7.06. The van der Waals surface area contributed by atoms with Crippen LogP contribution in [-0.2, 0) is 17.8 Å². The molecule has 0 aromatic carbocycles. The predicted octanol–water partition coefficient (Wildman–Crippen LogP) is 3.61. The topological polar surface area (TPSA) is 45.7 Å². The van der Waals surface area contributed by atoms with Crippen molar-refractivity contribution in [2.24, 2.45) is 5.92 Å². The van der Waals surface area contributed by atoms with Crippen molar-refractivity contribution in [1.29, 1.82) is 0 Å². The van der Waals surface area contributed by atoms with Gasteiger partial charge in [0.25, 0.3) is 5.19 Å². The first-order chi connectivity index (χ1) is 13.3. The lowest BCUT2D eigenvalue weighted by atomic mass is 9.90. The van der Waals surface area contributed by atoms with Gasteiger partial charge in [0.05, 0.1) is 17.1 Å². The normalized spacial score (nSPS) is 25.4. The van der Waals surface area contributed by atoms with Gasteiger partial charge in [0.2, 0.25) is 5.91 Å². The number of rotatable bonds is 4. The van der Waals surface area contributed by atoms with Gasteiger partial charge in [0.1, 0.15) is 6.10 Å². The second-order valence-corrected chi connectivity index (χ2v) is 9.82. The van der Waals surface area contributed by atoms with Gasteiger partial charge < -0.3 is 14.5 Å². The minimum absolute atomic E-state index is 0.274. The molecule has 1 amide bonds. The van der Waals surface area contributed by atoms with Crippen LogP contribution in [0.2, 0.25) is 0 Å². The van der Waals surface area contributed by atoms with E-state index in [4.69, 9.17) is 9.72 Å². The number of ether oxygens (including phenoxy) is 1. The van der Waals surface area contributed by atoms with Gasteiger partial charge in [-0.15, -0.1) is 0 Å². The second kappa shape index (κ2) is 7.70. The molecule has 0 N–H and O–H groups in total. The quantitative estimate of drug-likeness (QED) is 0.789. The van der Waals surface area contributed by atoms with Crippen LogP contribution >= 0.6 is 11.3 Å². The standard InChI is InChI=1S/C21H31N3O2S/c25-20(15-4-1-2-5-15)24-13-10-18-19(14-24)27-21(22-18)26-17-8-11-23(12-9-17)16-6-3-7-16/h15-17H,1-14H2. The van der Waals surface area contributed by atoms with Crippen molar-refractivity contribution in [3.63, 3.8) is 0 Å². The summed E-state index contributed by atoms with van der Waals surface area (Å²) in [5, 5.41) is 0.831. The summed E-state index contributed by atoms with van der Waals surface area (Å²) in [6, 6.07) is 0.849. The van der Waals surface area contributed by atoms with E-state index in [1.807, 2.05) is 0 Å². The zero-order valence-electron chi connectivity index (χ0n) is 16.2. The van der Waals surface area contributed by atoms with E-state index in [1.54, 1.807) is 11.3 Å². The molecule has 2 aliphatic heterocycles. The van der Waals surface area contributed by atoms with Crippen molar-refractivity contribution in [2.75, 3.05) is 19.6 Å². The molecule has 2 aliphatic carbocycles. The number of fused-ring (bicyclic) bond motifs is 1. The Kier molecular flexibility index (Phi) is 5.11. The fourth-order valence-electron chi connectivity index (χ4n) is 5.09. The van der Waals surface area contributed by atoms with E-state index in [0.29, 0.717) is 12.0 Å². The van der Waals surface area contributed by atoms with Crippen LogP contribution in [0.4, 0.5) is 0 Å². The van der Waals surface area contributed by atoms with Crippen molar-refractivity contribution < 1.29 is 9.53 Å². The summed E-state index contributed by atoms with van der Waals surface area (Å²) in [5.74, 6) is 0.647. The Morgan fingerprint density at radius 3 is 2.48 bits per heavy atom. The number of thiazole rings is 1. The number of amides is 1. The molecule has 0 radical (unpaired) electrons. The average Bonchev–Trinajstić information content (AvgIpc) is 3.30. The molecule has 5 rings (SSSR count). The highest BCUT2D eigenvalue weighted by molar-refractivity contribution is 7.13. The highest BCUT2D eigenvalue weighted by Crippen LogP contribution is 2.34. The summed E-state index contributed by atoms with van der Waals surface area (Å²) in [5.41, 5.74) is 1.16. The van der Waals surface area contributed by atoms with E-state index in [9.17, 15) is 4.79 Å². The van der Waals surface area contributed by atoms with Crippen molar-refractivity contribution in [3.8, 4) is 5.19 Å². The number of aromatic nitrogens is 1. The average molecular weight is 390 g/mol. The lowest BCUT2D eigenvalue weighted by Crippen LogP contribution is -2.46. The summed E-state index contributed by atoms with van der Waals surface area (Å²) in [7, 11) is 0. The fraction of sp³-hybridized carbons (Fsp3) is 0.810. The Balaban J connectivity index is 1.16. The molecule has 6 heteroatoms. The van der Waals surface area contributed by atoms with Crippen molar-refractivity contribution in [1.82, 2.24) is 14.8 Å². The molecule has 4 aliphatic rings. The number of piperidine rings is 1. The molecular formula is C21H31N3O2S. The zero-order chi connectivity index (χ0) is 18.2. The highest BCUT2D eigenvalue weighted by Gasteiger charge is 2.32. The van der Waals surface area contributed by atoms with E-state index >= 15 is 0 Å². The lowest BCUT2D eigenvalue weighted by molar-refractivity contribution is -0.136. The molecule has 3 heterocycles. The van der Waals surface area contributed by atoms with Gasteiger partial charge in [-0.25, -0.2) is 4.98 Å². The Morgan fingerprint density at radius 2 is 1.78 bits per heavy atom. The zero-order valence-corrected chi connectivity index (χ0v) is 17.0. The third kappa shape index (κ3) is 3.75. The highest BCUT2D eigenvalue weighted by atomic mass is 32.1. The minimum Gasteiger partial charge on any atom is -0.467 e. The molecule has 2 saturated carbocycles. The van der Waals surface area contributed by atoms with Crippen LogP contribution in [0, 0.1) is 5.92 Å². The van der Waals surface area contributed by atoms with Crippen molar-refractivity contribution in [3.05, 3.63) is 10.6 Å². The van der Waals surface area contributed by atoms with Gasteiger partial charge >= 0.3 is 0 Å². The van der Waals surface area contributed by atoms with Crippen molar-refractivity contribution in [2.45, 2.75) is 82.9 Å². The second-order valence-electron chi connectivity index (χ2n) is 8.78. The Labute approximate surface area is 166 Å². The van der Waals surface area contributed by atoms with Crippen LogP contribution in [0.25, 0.3) is 0 Å². The molecule has 0 unspecified atom stereocenters. The van der Waals surface area contributed by atoms with Gasteiger partial charge in [-0.1, -0.05) is 30.6 Å². The predicted molar refractivity (Wildman–Crippen MR) is 106 cm³/mol. The number of hydrogen-bond acceptors (Lipinski definition) is 5. The third-order valence-corrected chi connectivity index (χ3v) is 8.04. The smallest absolute Gasteiger partial charge is 0.273 e. The van der Waals surface area contributed by atoms with Gasteiger partial charge in [-0.05, 0) is 38.5 Å². The summed E-state index contributed by atoms with van der Waals surface area (Å²) < 4.78 is 6.26. The SMILES string of the molecule is O=C(C1CCCC1)N1CCc2nc(OC3CCN(C4CCC4)CC3)sc2C1. The molecular weight excluding hydrogens is 358 g/mol. The van der Waals surface area contributed by atoms with E-state index in [-0.39, 0.29) is 5.92 Å². The van der Waals surface area contributed by atoms with Crippen LogP contribution in [-0.4, -0.2) is 52.5 Å². The Bertz CT molecular complexity index is 673. The number of likely N-dealkylation sites (tertiary alicyclic amines) is 1. The molecule has 5 nitrogen and oxygen atoms in total. The molecule has 0 spiro atoms. The number of carbonyl (C=O) groups is 1. The summed E-state index contributed by atoms with van der Waals surface area (Å²) in [6.07, 6.45) is 12.2. The maximum absolute atomic E-state index is 12.7. The number of carbonyl (C=O) groups excluding carboxylic acids is 1. The van der Waals surface area contributed by atoms with E-state index in [0.717, 1.165) is 62.1 Å². The van der Waals surface area contributed by atoms with Crippen LogP contribution in [0.1, 0.15) is 68.4 Å². The maximum Gasteiger partial charge on any atom is 0.273 e. The molecule has 1 aromatic heterocycles. The van der Waals surface area contributed by atoms with Crippen LogP contribution in [0.5, 0.6) is 5.19 Å². The molecule has 0 bridgehead atoms. The van der Waals surface area contributed by atoms with E-state index < -0.39 is 0 Å². The summed E-state index contributed by atoms with van der Waals surface area (Å²) in [6.45, 7) is 3.91. The minimum atomic E-state index is 0.274. The Hall–Kier alpha value is -1.14. The molecule has 1 aromatic rings. The van der Waals surface area contributed by atoms with Crippen molar-refractivity contribution >= 4 is 17.2 Å². The van der Waals surface area contributed by atoms with E-state index in [2.05, 4.69) is 9.80 Å². The molecule has 3 fully saturated rings. The monoisotopic (exact) mass is 389 g/mol. The maximum atomic E-state index is 12.7. The van der Waals surface area contributed by atoms with E-state index in [1.165, 1.54) is 50.1 Å². The fourth-order valence-corrected chi connectivity index (χ4v) is 6.13. The van der Waals surface area contributed by atoms with Gasteiger partial charge in [-0.2, -0.15) is 0 Å². The van der Waals surface area contributed by atoms with Gasteiger partial charge in [0.15, 0.2) is 0 Å². The molecule has 1 saturated heterocycles. The first-order valence-electron chi connectivity index (χ1n) is 10.9. The van der Waals surface area contributed by atoms with Crippen LogP contribution in [0.3, 0.4) is 0 Å². The first kappa shape index (κ1) is 17.9. The number of hydrogen-bond donors (Lipinski definition) is 0. The lowest BCUT2D eigenvalue weighted by Gasteiger charge is -2.41. The van der Waals surface area contributed by atoms with Gasteiger partial charge in [-0.3, -0.25) is 4.79 Å². The molecule has 27 heavy (non-hydrogen) atoms. The summed E-state index contributed by atoms with van der Waals surface area (Å²) >= 11 is 1.67. The van der Waals surface area contributed by atoms with Gasteiger partial charge in [0, 0.05) is 38.0 Å². The Morgan fingerprint density at radius 1 is 1.00 bits per heavy atom. The van der Waals surface area contributed by atoms with Crippen LogP contribution in [0.15, 0.2) is 0 Å². The first-order valence-corrected chi connectivity index (χ1v) is 11.8. The molecule has 0 atom stereocenters. The van der Waals surface area contributed by atoms with Crippen LogP contribution < -0.4 is 4.74 Å². The largest absolute Gasteiger partial charge is 0.467 e. The number of nitrogens with zero attached hydrogens (tertiary/aromatic N) is 3. The summed E-state index contributed by atoms with van der Waals surface area (Å²) in [4.78, 5) is 23.5.